The standard InChI is InChI=1S/C7H7ClO4S.2Ac/c8-13(11,12)6-3-1-2-5(4-6)7(9)10;;/h1-4,7,9-10H;;. The third-order valence-corrected chi connectivity index (χ3v) is 2.79. The first-order chi connectivity index (χ1) is 5.91. The Morgan fingerprint density at radius 1 is 1.20 bits per heavy atom. The maximum Gasteiger partial charge on any atom is 0.261 e. The van der Waals surface area contributed by atoms with Gasteiger partial charge in [0.25, 0.3) is 9.05 Å². The van der Waals surface area contributed by atoms with Crippen LogP contribution >= 0.6 is 10.7 Å². The van der Waals surface area contributed by atoms with Crippen molar-refractivity contribution in [3.8, 4) is 0 Å². The van der Waals surface area contributed by atoms with Crippen molar-refractivity contribution in [3.63, 3.8) is 0 Å². The van der Waals surface area contributed by atoms with Gasteiger partial charge in [-0.25, -0.2) is 8.42 Å². The van der Waals surface area contributed by atoms with Gasteiger partial charge in [-0.05, 0) is 12.1 Å². The van der Waals surface area contributed by atoms with Crippen molar-refractivity contribution in [3.05, 3.63) is 29.8 Å². The Morgan fingerprint density at radius 3 is 2.13 bits per heavy atom. The van der Waals surface area contributed by atoms with Gasteiger partial charge in [0.1, 0.15) is 0 Å². The Kier molecular flexibility index (Phi) is 10.9. The quantitative estimate of drug-likeness (QED) is 0.356. The van der Waals surface area contributed by atoms with Crippen LogP contribution in [0.25, 0.3) is 0 Å². The van der Waals surface area contributed by atoms with Crippen LogP contribution < -0.4 is 0 Å². The summed E-state index contributed by atoms with van der Waals surface area (Å²) in [6.07, 6.45) is -1.70. The third-order valence-electron chi connectivity index (χ3n) is 1.44. The number of benzene rings is 1. The summed E-state index contributed by atoms with van der Waals surface area (Å²) in [4.78, 5) is -0.153. The topological polar surface area (TPSA) is 74.6 Å². The molecular formula is C7H7Ac2ClO4S. The largest absolute Gasteiger partial charge is 0.364 e. The molecule has 4 nitrogen and oxygen atoms in total. The minimum Gasteiger partial charge on any atom is -0.364 e. The van der Waals surface area contributed by atoms with Crippen molar-refractivity contribution in [1.29, 1.82) is 0 Å². The minimum absolute atomic E-state index is 0. The van der Waals surface area contributed by atoms with Gasteiger partial charge >= 0.3 is 0 Å². The van der Waals surface area contributed by atoms with Crippen molar-refractivity contribution < 1.29 is 107 Å². The molecule has 1 rings (SSSR count). The van der Waals surface area contributed by atoms with Gasteiger partial charge in [0.2, 0.25) is 0 Å². The molecule has 0 bridgehead atoms. The molecule has 1 aromatic carbocycles. The fourth-order valence-corrected chi connectivity index (χ4v) is 1.63. The predicted molar refractivity (Wildman–Crippen MR) is 46.7 cm³/mol. The normalized spacial score (nSPS) is 10.4. The van der Waals surface area contributed by atoms with Crippen LogP contribution in [-0.2, 0) is 9.05 Å². The molecule has 0 aliphatic heterocycles. The molecule has 0 heterocycles. The van der Waals surface area contributed by atoms with E-state index in [4.69, 9.17) is 20.9 Å². The summed E-state index contributed by atoms with van der Waals surface area (Å²) >= 11 is 0. The molecule has 0 aliphatic rings. The van der Waals surface area contributed by atoms with E-state index in [9.17, 15) is 8.42 Å². The van der Waals surface area contributed by atoms with E-state index in [1.807, 2.05) is 0 Å². The summed E-state index contributed by atoms with van der Waals surface area (Å²) in [5.41, 5.74) is 0.0849. The second kappa shape index (κ2) is 8.38. The van der Waals surface area contributed by atoms with Crippen LogP contribution in [-0.4, -0.2) is 18.6 Å². The Hall–Kier alpha value is 2.26. The summed E-state index contributed by atoms with van der Waals surface area (Å²) in [6.45, 7) is 0. The molecule has 0 atom stereocenters. The van der Waals surface area contributed by atoms with E-state index in [0.29, 0.717) is 0 Å². The molecule has 0 unspecified atom stereocenters. The Balaban J connectivity index is 0. The minimum atomic E-state index is -3.81. The van der Waals surface area contributed by atoms with Crippen LogP contribution in [0.15, 0.2) is 29.2 Å². The van der Waals surface area contributed by atoms with Crippen molar-refractivity contribution in [2.45, 2.75) is 11.2 Å². The molecule has 2 radical (unpaired) electrons. The van der Waals surface area contributed by atoms with E-state index < -0.39 is 15.3 Å². The Morgan fingerprint density at radius 2 is 1.73 bits per heavy atom. The molecule has 0 aliphatic carbocycles. The molecule has 0 saturated carbocycles. The average Bonchev–Trinajstić information content (AvgIpc) is 2.03. The molecule has 0 amide bonds. The van der Waals surface area contributed by atoms with Crippen LogP contribution in [0.3, 0.4) is 0 Å². The first-order valence-corrected chi connectivity index (χ1v) is 5.63. The van der Waals surface area contributed by atoms with Crippen LogP contribution in [0.1, 0.15) is 11.9 Å². The van der Waals surface area contributed by atoms with Gasteiger partial charge < -0.3 is 10.2 Å². The Bertz CT molecular complexity index is 407. The van der Waals surface area contributed by atoms with Gasteiger partial charge in [0, 0.05) is 104 Å². The van der Waals surface area contributed by atoms with Crippen molar-refractivity contribution in [2.75, 3.05) is 0 Å². The monoisotopic (exact) mass is 676 g/mol. The van der Waals surface area contributed by atoms with Crippen LogP contribution in [0.5, 0.6) is 0 Å². The van der Waals surface area contributed by atoms with Gasteiger partial charge in [0.05, 0.1) is 4.90 Å². The van der Waals surface area contributed by atoms with E-state index in [-0.39, 0.29) is 98.6 Å². The fourth-order valence-electron chi connectivity index (χ4n) is 0.827. The molecule has 0 saturated heterocycles. The molecule has 2 N–H and O–H groups in total. The first-order valence-electron chi connectivity index (χ1n) is 3.32. The maximum atomic E-state index is 10.8. The molecule has 0 fully saturated rings. The molecule has 15 heavy (non-hydrogen) atoms. The predicted octanol–water partition coefficient (Wildman–Crippen LogP) is 0.597. The molecule has 8 heteroatoms. The van der Waals surface area contributed by atoms with Crippen molar-refractivity contribution in [1.82, 2.24) is 0 Å². The van der Waals surface area contributed by atoms with Crippen molar-refractivity contribution in [2.24, 2.45) is 0 Å². The molecule has 1 aromatic rings. The molecular weight excluding hydrogens is 670 g/mol. The zero-order valence-electron chi connectivity index (χ0n) is 7.54. The van der Waals surface area contributed by atoms with Gasteiger partial charge in [-0.15, -0.1) is 0 Å². The fraction of sp³-hybridized carbons (Fsp3) is 0.143. The van der Waals surface area contributed by atoms with Gasteiger partial charge in [-0.1, -0.05) is 12.1 Å². The summed E-state index contributed by atoms with van der Waals surface area (Å²) in [5.74, 6) is 0. The third kappa shape index (κ3) is 6.68. The second-order valence-corrected chi connectivity index (χ2v) is 4.95. The van der Waals surface area contributed by atoms with E-state index in [1.165, 1.54) is 18.2 Å². The van der Waals surface area contributed by atoms with E-state index in [2.05, 4.69) is 0 Å². The number of hydrogen-bond acceptors (Lipinski definition) is 4. The zero-order chi connectivity index (χ0) is 10.1. The SMILES string of the molecule is O=S(=O)(Cl)c1cccc(C(O)O)c1.[Ac].[Ac]. The van der Waals surface area contributed by atoms with Crippen molar-refractivity contribution >= 4 is 19.7 Å². The number of aliphatic hydroxyl groups excluding tert-OH is 1. The number of aliphatic hydroxyl groups is 2. The number of halogens is 1. The number of rotatable bonds is 2. The maximum absolute atomic E-state index is 10.8. The van der Waals surface area contributed by atoms with Gasteiger partial charge in [-0.3, -0.25) is 0 Å². The summed E-state index contributed by atoms with van der Waals surface area (Å²) in [6, 6.07) is 5.14. The van der Waals surface area contributed by atoms with Crippen LogP contribution in [0.2, 0.25) is 0 Å². The molecule has 0 spiro atoms. The first kappa shape index (κ1) is 19.6. The van der Waals surface area contributed by atoms with Crippen LogP contribution in [0.4, 0.5) is 0 Å². The van der Waals surface area contributed by atoms with E-state index in [1.54, 1.807) is 0 Å². The average molecular weight is 677 g/mol. The summed E-state index contributed by atoms with van der Waals surface area (Å²) in [5, 5.41) is 17.5. The molecule has 78 valence electrons. The summed E-state index contributed by atoms with van der Waals surface area (Å²) in [7, 11) is 1.24. The smallest absolute Gasteiger partial charge is 0.261 e. The van der Waals surface area contributed by atoms with E-state index in [0.717, 1.165) is 6.07 Å². The van der Waals surface area contributed by atoms with E-state index >= 15 is 0 Å². The van der Waals surface area contributed by atoms with Gasteiger partial charge in [0.15, 0.2) is 6.29 Å². The van der Waals surface area contributed by atoms with Crippen LogP contribution in [0, 0.1) is 88.1 Å². The molecule has 0 aromatic heterocycles. The zero-order valence-corrected chi connectivity index (χ0v) is 18.6. The van der Waals surface area contributed by atoms with Gasteiger partial charge in [-0.2, -0.15) is 0 Å². The number of hydrogen-bond donors (Lipinski definition) is 2. The summed E-state index contributed by atoms with van der Waals surface area (Å²) < 4.78 is 21.6. The second-order valence-electron chi connectivity index (χ2n) is 2.38. The Labute approximate surface area is 164 Å².